The molecule has 20 heavy (non-hydrogen) atoms. The molecule has 1 aliphatic heterocycles. The molecule has 0 aliphatic carbocycles. The Kier molecular flexibility index (Phi) is 5.22. The summed E-state index contributed by atoms with van der Waals surface area (Å²) < 4.78 is 87.4. The number of carbonyl (C=O) groups excluding carboxylic acids is 1. The van der Waals surface area contributed by atoms with Gasteiger partial charge < -0.3 is 10.2 Å². The average Bonchev–Trinajstić information content (AvgIpc) is 2.35. The Labute approximate surface area is 110 Å². The van der Waals surface area contributed by atoms with Crippen LogP contribution in [0.4, 0.5) is 30.7 Å². The summed E-state index contributed by atoms with van der Waals surface area (Å²) >= 11 is 0. The summed E-state index contributed by atoms with van der Waals surface area (Å²) in [5, 5.41) is 2.78. The van der Waals surface area contributed by atoms with E-state index in [2.05, 4.69) is 5.32 Å². The van der Waals surface area contributed by atoms with E-state index in [1.54, 1.807) is 0 Å². The van der Waals surface area contributed by atoms with Crippen molar-refractivity contribution < 1.29 is 35.5 Å². The Morgan fingerprint density at radius 2 is 1.65 bits per heavy atom. The zero-order valence-electron chi connectivity index (χ0n) is 10.2. The number of amides is 1. The lowest BCUT2D eigenvalue weighted by Gasteiger charge is -2.36. The first-order chi connectivity index (χ1) is 9.05. The monoisotopic (exact) mass is 310 g/mol. The van der Waals surface area contributed by atoms with Crippen LogP contribution in [0.5, 0.6) is 0 Å². The van der Waals surface area contributed by atoms with Crippen molar-refractivity contribution in [3.05, 3.63) is 0 Å². The third kappa shape index (κ3) is 4.22. The Hall–Kier alpha value is -1.06. The number of piperidine rings is 1. The van der Waals surface area contributed by atoms with Gasteiger partial charge in [0.1, 0.15) is 6.54 Å². The van der Waals surface area contributed by atoms with E-state index in [1.807, 2.05) is 0 Å². The smallest absolute Gasteiger partial charge is 0.325 e. The number of halogens is 7. The minimum Gasteiger partial charge on any atom is -0.325 e. The van der Waals surface area contributed by atoms with Crippen molar-refractivity contribution in [2.45, 2.75) is 37.4 Å². The molecule has 0 aromatic rings. The van der Waals surface area contributed by atoms with Crippen molar-refractivity contribution in [3.63, 3.8) is 0 Å². The van der Waals surface area contributed by atoms with Crippen molar-refractivity contribution in [2.75, 3.05) is 19.6 Å². The van der Waals surface area contributed by atoms with E-state index in [0.717, 1.165) is 0 Å². The van der Waals surface area contributed by atoms with E-state index in [1.165, 1.54) is 0 Å². The second-order valence-electron chi connectivity index (χ2n) is 4.45. The maximum Gasteiger partial charge on any atom is 0.406 e. The summed E-state index contributed by atoms with van der Waals surface area (Å²) in [5.74, 6) is -7.59. The van der Waals surface area contributed by atoms with Gasteiger partial charge in [-0.25, -0.2) is 8.78 Å². The first kappa shape index (κ1) is 17.0. The lowest BCUT2D eigenvalue weighted by molar-refractivity contribution is -0.198. The van der Waals surface area contributed by atoms with Gasteiger partial charge in [0.05, 0.1) is 0 Å². The Bertz CT molecular complexity index is 339. The maximum atomic E-state index is 13.0. The lowest BCUT2D eigenvalue weighted by Crippen LogP contribution is -2.56. The van der Waals surface area contributed by atoms with Gasteiger partial charge in [-0.05, 0) is 25.9 Å². The molecule has 0 unspecified atom stereocenters. The van der Waals surface area contributed by atoms with Crippen LogP contribution in [0.25, 0.3) is 0 Å². The molecule has 1 N–H and O–H groups in total. The predicted octanol–water partition coefficient (Wildman–Crippen LogP) is 2.03. The Balaban J connectivity index is 2.94. The standard InChI is InChI=1S/C10H13F7N2O/c11-7(12)10(16,17)8(20)19(5-9(13,14)15)6-1-3-18-4-2-6/h6-7,18H,1-5H2. The second kappa shape index (κ2) is 6.15. The van der Waals surface area contributed by atoms with Crippen LogP contribution in [0.15, 0.2) is 0 Å². The number of alkyl halides is 7. The van der Waals surface area contributed by atoms with Gasteiger partial charge in [0.25, 0.3) is 5.91 Å². The molecule has 1 heterocycles. The average molecular weight is 310 g/mol. The summed E-state index contributed by atoms with van der Waals surface area (Å²) in [6.45, 7) is -1.50. The van der Waals surface area contributed by atoms with Gasteiger partial charge in [-0.1, -0.05) is 0 Å². The molecule has 3 nitrogen and oxygen atoms in total. The highest BCUT2D eigenvalue weighted by Crippen LogP contribution is 2.30. The number of hydrogen-bond donors (Lipinski definition) is 1. The second-order valence-corrected chi connectivity index (χ2v) is 4.45. The fourth-order valence-electron chi connectivity index (χ4n) is 1.96. The zero-order valence-corrected chi connectivity index (χ0v) is 10.2. The fourth-order valence-corrected chi connectivity index (χ4v) is 1.96. The van der Waals surface area contributed by atoms with E-state index in [-0.39, 0.29) is 30.8 Å². The van der Waals surface area contributed by atoms with Gasteiger partial charge in [0.2, 0.25) is 0 Å². The van der Waals surface area contributed by atoms with Crippen molar-refractivity contribution in [3.8, 4) is 0 Å². The molecule has 0 spiro atoms. The van der Waals surface area contributed by atoms with Gasteiger partial charge in [0, 0.05) is 6.04 Å². The van der Waals surface area contributed by atoms with Gasteiger partial charge in [-0.3, -0.25) is 4.79 Å². The maximum absolute atomic E-state index is 13.0. The molecule has 1 rings (SSSR count). The van der Waals surface area contributed by atoms with Crippen LogP contribution in [0.3, 0.4) is 0 Å². The topological polar surface area (TPSA) is 32.3 Å². The Morgan fingerprint density at radius 3 is 2.05 bits per heavy atom. The number of hydrogen-bond acceptors (Lipinski definition) is 2. The molecule has 1 saturated heterocycles. The van der Waals surface area contributed by atoms with Crippen LogP contribution >= 0.6 is 0 Å². The highest BCUT2D eigenvalue weighted by atomic mass is 19.4. The molecule has 0 aromatic heterocycles. The summed E-state index contributed by atoms with van der Waals surface area (Å²) in [6, 6.07) is -1.13. The summed E-state index contributed by atoms with van der Waals surface area (Å²) in [7, 11) is 0. The number of rotatable bonds is 4. The molecule has 0 bridgehead atoms. The van der Waals surface area contributed by atoms with Crippen LogP contribution in [-0.4, -0.2) is 55.0 Å². The molecule has 0 saturated carbocycles. The van der Waals surface area contributed by atoms with E-state index in [0.29, 0.717) is 0 Å². The summed E-state index contributed by atoms with van der Waals surface area (Å²) in [4.78, 5) is 11.2. The van der Waals surface area contributed by atoms with Crippen LogP contribution in [0.2, 0.25) is 0 Å². The van der Waals surface area contributed by atoms with Gasteiger partial charge >= 0.3 is 18.5 Å². The molecule has 1 fully saturated rings. The van der Waals surface area contributed by atoms with E-state index < -0.39 is 37.0 Å². The van der Waals surface area contributed by atoms with E-state index in [9.17, 15) is 35.5 Å². The third-order valence-corrected chi connectivity index (χ3v) is 2.92. The number of nitrogens with one attached hydrogen (secondary N) is 1. The van der Waals surface area contributed by atoms with Gasteiger partial charge in [-0.15, -0.1) is 0 Å². The molecule has 1 aliphatic rings. The van der Waals surface area contributed by atoms with Crippen LogP contribution < -0.4 is 5.32 Å². The largest absolute Gasteiger partial charge is 0.406 e. The molecule has 118 valence electrons. The SMILES string of the molecule is O=C(N(CC(F)(F)F)C1CCNCC1)C(F)(F)C(F)F. The van der Waals surface area contributed by atoms with Crippen molar-refractivity contribution >= 4 is 5.91 Å². The lowest BCUT2D eigenvalue weighted by atomic mass is 10.0. The molecule has 1 amide bonds. The number of carbonyl (C=O) groups is 1. The van der Waals surface area contributed by atoms with Crippen molar-refractivity contribution in [1.82, 2.24) is 10.2 Å². The van der Waals surface area contributed by atoms with Crippen molar-refractivity contribution in [2.24, 2.45) is 0 Å². The summed E-state index contributed by atoms with van der Waals surface area (Å²) in [5.41, 5.74) is 0. The Morgan fingerprint density at radius 1 is 1.15 bits per heavy atom. The first-order valence-corrected chi connectivity index (χ1v) is 5.80. The molecule has 0 atom stereocenters. The minimum absolute atomic E-state index is 0.00113. The molecule has 0 aromatic carbocycles. The normalized spacial score (nSPS) is 18.4. The predicted molar refractivity (Wildman–Crippen MR) is 54.6 cm³/mol. The quantitative estimate of drug-likeness (QED) is 0.806. The minimum atomic E-state index is -5.11. The highest BCUT2D eigenvalue weighted by Gasteiger charge is 2.53. The van der Waals surface area contributed by atoms with Gasteiger partial charge in [-0.2, -0.15) is 22.0 Å². The molecule has 0 radical (unpaired) electrons. The van der Waals surface area contributed by atoms with Gasteiger partial charge in [0.15, 0.2) is 0 Å². The third-order valence-electron chi connectivity index (χ3n) is 2.92. The van der Waals surface area contributed by atoms with E-state index in [4.69, 9.17) is 0 Å². The molecule has 10 heteroatoms. The van der Waals surface area contributed by atoms with Crippen LogP contribution in [-0.2, 0) is 4.79 Å². The number of nitrogens with zero attached hydrogens (tertiary/aromatic N) is 1. The first-order valence-electron chi connectivity index (χ1n) is 5.80. The van der Waals surface area contributed by atoms with Crippen molar-refractivity contribution in [1.29, 1.82) is 0 Å². The van der Waals surface area contributed by atoms with E-state index >= 15 is 0 Å². The summed E-state index contributed by atoms with van der Waals surface area (Å²) in [6.07, 6.45) is -9.27. The van der Waals surface area contributed by atoms with Crippen LogP contribution in [0, 0.1) is 0 Å². The fraction of sp³-hybridized carbons (Fsp3) is 0.900. The zero-order chi connectivity index (χ0) is 15.6. The van der Waals surface area contributed by atoms with Crippen LogP contribution in [0.1, 0.15) is 12.8 Å². The molecular formula is C10H13F7N2O. The molecular weight excluding hydrogens is 297 g/mol. The highest BCUT2D eigenvalue weighted by molar-refractivity contribution is 5.84.